The van der Waals surface area contributed by atoms with Crippen LogP contribution in [-0.4, -0.2) is 6.61 Å². The maximum Gasteiger partial charge on any atom is 0.124 e. The van der Waals surface area contributed by atoms with Crippen LogP contribution in [0.5, 0.6) is 5.75 Å². The molecule has 0 bridgehead atoms. The molecule has 1 aliphatic rings. The van der Waals surface area contributed by atoms with Gasteiger partial charge in [0.15, 0.2) is 0 Å². The molecule has 0 saturated carbocycles. The molecule has 98 valence electrons. The van der Waals surface area contributed by atoms with E-state index in [-0.39, 0.29) is 0 Å². The Kier molecular flexibility index (Phi) is 3.41. The third-order valence-electron chi connectivity index (χ3n) is 3.63. The summed E-state index contributed by atoms with van der Waals surface area (Å²) >= 11 is 0. The van der Waals surface area contributed by atoms with Crippen molar-refractivity contribution in [1.82, 2.24) is 0 Å². The van der Waals surface area contributed by atoms with E-state index in [1.165, 1.54) is 16.8 Å². The second-order valence-corrected chi connectivity index (χ2v) is 4.93. The van der Waals surface area contributed by atoms with Gasteiger partial charge in [-0.2, -0.15) is 0 Å². The number of para-hydroxylation sites is 1. The maximum absolute atomic E-state index is 5.70. The first-order chi connectivity index (χ1) is 9.36. The molecule has 1 heterocycles. The molecule has 0 radical (unpaired) electrons. The number of nitrogens with one attached hydrogen (secondary N) is 1. The molecule has 2 aromatic carbocycles. The summed E-state index contributed by atoms with van der Waals surface area (Å²) < 4.78 is 5.70. The van der Waals surface area contributed by atoms with Crippen molar-refractivity contribution in [2.75, 3.05) is 11.9 Å². The van der Waals surface area contributed by atoms with Gasteiger partial charge >= 0.3 is 0 Å². The molecule has 0 spiro atoms. The van der Waals surface area contributed by atoms with Crippen molar-refractivity contribution in [3.8, 4) is 5.75 Å². The predicted octanol–water partition coefficient (Wildman–Crippen LogP) is 4.18. The predicted molar refractivity (Wildman–Crippen MR) is 78.7 cm³/mol. The normalized spacial score (nSPS) is 17.4. The molecule has 19 heavy (non-hydrogen) atoms. The van der Waals surface area contributed by atoms with Crippen molar-refractivity contribution in [3.63, 3.8) is 0 Å². The van der Waals surface area contributed by atoms with Crippen molar-refractivity contribution >= 4 is 5.69 Å². The summed E-state index contributed by atoms with van der Waals surface area (Å²) in [6.45, 7) is 2.96. The molecule has 0 amide bonds. The van der Waals surface area contributed by atoms with Crippen LogP contribution in [0.25, 0.3) is 0 Å². The summed E-state index contributed by atoms with van der Waals surface area (Å²) in [6.07, 6.45) is 2.08. The SMILES string of the molecule is CCc1cccc(NC2CCOc3ccccc32)c1. The Bertz CT molecular complexity index is 565. The van der Waals surface area contributed by atoms with E-state index < -0.39 is 0 Å². The first kappa shape index (κ1) is 12.1. The van der Waals surface area contributed by atoms with E-state index in [9.17, 15) is 0 Å². The summed E-state index contributed by atoms with van der Waals surface area (Å²) in [4.78, 5) is 0. The van der Waals surface area contributed by atoms with Crippen LogP contribution < -0.4 is 10.1 Å². The van der Waals surface area contributed by atoms with Crippen LogP contribution in [0.4, 0.5) is 5.69 Å². The van der Waals surface area contributed by atoms with Crippen molar-refractivity contribution in [2.24, 2.45) is 0 Å². The Morgan fingerprint density at radius 3 is 2.95 bits per heavy atom. The molecular formula is C17H19NO. The van der Waals surface area contributed by atoms with Crippen molar-refractivity contribution in [1.29, 1.82) is 0 Å². The fraction of sp³-hybridized carbons (Fsp3) is 0.294. The third kappa shape index (κ3) is 2.58. The lowest BCUT2D eigenvalue weighted by molar-refractivity contribution is 0.274. The molecule has 1 aliphatic heterocycles. The minimum Gasteiger partial charge on any atom is -0.493 e. The summed E-state index contributed by atoms with van der Waals surface area (Å²) in [5.74, 6) is 1.01. The molecule has 2 aromatic rings. The standard InChI is InChI=1S/C17H19NO/c1-2-13-6-5-7-14(12-13)18-16-10-11-19-17-9-4-3-8-15(16)17/h3-9,12,16,18H,2,10-11H2,1H3. The average molecular weight is 253 g/mol. The van der Waals surface area contributed by atoms with Crippen LogP contribution in [0, 0.1) is 0 Å². The summed E-state index contributed by atoms with van der Waals surface area (Å²) in [6, 6.07) is 17.3. The van der Waals surface area contributed by atoms with Crippen LogP contribution >= 0.6 is 0 Å². The van der Waals surface area contributed by atoms with Crippen molar-refractivity contribution in [2.45, 2.75) is 25.8 Å². The highest BCUT2D eigenvalue weighted by Gasteiger charge is 2.20. The Balaban J connectivity index is 1.84. The van der Waals surface area contributed by atoms with Gasteiger partial charge in [-0.15, -0.1) is 0 Å². The van der Waals surface area contributed by atoms with Gasteiger partial charge in [0.25, 0.3) is 0 Å². The van der Waals surface area contributed by atoms with E-state index in [0.717, 1.165) is 25.2 Å². The Morgan fingerprint density at radius 1 is 1.16 bits per heavy atom. The lowest BCUT2D eigenvalue weighted by atomic mass is 10.00. The number of fused-ring (bicyclic) bond motifs is 1. The van der Waals surface area contributed by atoms with E-state index in [1.54, 1.807) is 0 Å². The lowest BCUT2D eigenvalue weighted by Gasteiger charge is -2.27. The Morgan fingerprint density at radius 2 is 2.05 bits per heavy atom. The van der Waals surface area contributed by atoms with E-state index in [1.807, 2.05) is 12.1 Å². The van der Waals surface area contributed by atoms with Gasteiger partial charge in [0.2, 0.25) is 0 Å². The fourth-order valence-electron chi connectivity index (χ4n) is 2.57. The quantitative estimate of drug-likeness (QED) is 0.885. The van der Waals surface area contributed by atoms with Gasteiger partial charge in [-0.25, -0.2) is 0 Å². The minimum atomic E-state index is 0.344. The van der Waals surface area contributed by atoms with E-state index in [2.05, 4.69) is 48.6 Å². The highest BCUT2D eigenvalue weighted by atomic mass is 16.5. The van der Waals surface area contributed by atoms with Crippen molar-refractivity contribution < 1.29 is 4.74 Å². The molecule has 2 nitrogen and oxygen atoms in total. The highest BCUT2D eigenvalue weighted by Crippen LogP contribution is 2.34. The van der Waals surface area contributed by atoms with Gasteiger partial charge in [0.05, 0.1) is 12.6 Å². The average Bonchev–Trinajstić information content (AvgIpc) is 2.48. The monoisotopic (exact) mass is 253 g/mol. The maximum atomic E-state index is 5.70. The number of ether oxygens (including phenoxy) is 1. The molecular weight excluding hydrogens is 234 g/mol. The fourth-order valence-corrected chi connectivity index (χ4v) is 2.57. The first-order valence-corrected chi connectivity index (χ1v) is 6.94. The largest absolute Gasteiger partial charge is 0.493 e. The van der Waals surface area contributed by atoms with Gasteiger partial charge in [-0.3, -0.25) is 0 Å². The molecule has 3 rings (SSSR count). The molecule has 0 saturated heterocycles. The first-order valence-electron chi connectivity index (χ1n) is 6.94. The number of anilines is 1. The number of hydrogen-bond donors (Lipinski definition) is 1. The topological polar surface area (TPSA) is 21.3 Å². The van der Waals surface area contributed by atoms with Crippen LogP contribution in [-0.2, 0) is 6.42 Å². The number of hydrogen-bond acceptors (Lipinski definition) is 2. The van der Waals surface area contributed by atoms with E-state index in [4.69, 9.17) is 4.74 Å². The summed E-state index contributed by atoms with van der Waals surface area (Å²) in [7, 11) is 0. The molecule has 1 unspecified atom stereocenters. The van der Waals surface area contributed by atoms with Crippen LogP contribution in [0.3, 0.4) is 0 Å². The van der Waals surface area contributed by atoms with Crippen LogP contribution in [0.2, 0.25) is 0 Å². The summed E-state index contributed by atoms with van der Waals surface area (Å²) in [5.41, 5.74) is 3.82. The van der Waals surface area contributed by atoms with E-state index >= 15 is 0 Å². The molecule has 0 aromatic heterocycles. The number of benzene rings is 2. The molecule has 0 fully saturated rings. The molecule has 1 atom stereocenters. The summed E-state index contributed by atoms with van der Waals surface area (Å²) in [5, 5.41) is 3.63. The van der Waals surface area contributed by atoms with Gasteiger partial charge in [-0.1, -0.05) is 37.3 Å². The van der Waals surface area contributed by atoms with Crippen molar-refractivity contribution in [3.05, 3.63) is 59.7 Å². The van der Waals surface area contributed by atoms with Gasteiger partial charge < -0.3 is 10.1 Å². The zero-order valence-electron chi connectivity index (χ0n) is 11.2. The van der Waals surface area contributed by atoms with Gasteiger partial charge in [0, 0.05) is 17.7 Å². The highest BCUT2D eigenvalue weighted by molar-refractivity contribution is 5.50. The second-order valence-electron chi connectivity index (χ2n) is 4.93. The zero-order chi connectivity index (χ0) is 13.1. The minimum absolute atomic E-state index is 0.344. The van der Waals surface area contributed by atoms with Crippen LogP contribution in [0.15, 0.2) is 48.5 Å². The number of aryl methyl sites for hydroxylation is 1. The van der Waals surface area contributed by atoms with Crippen LogP contribution in [0.1, 0.15) is 30.5 Å². The molecule has 0 aliphatic carbocycles. The Hall–Kier alpha value is -1.96. The smallest absolute Gasteiger partial charge is 0.124 e. The molecule has 1 N–H and O–H groups in total. The molecule has 2 heteroatoms. The zero-order valence-corrected chi connectivity index (χ0v) is 11.2. The Labute approximate surface area is 114 Å². The lowest BCUT2D eigenvalue weighted by Crippen LogP contribution is -2.20. The second kappa shape index (κ2) is 5.35. The van der Waals surface area contributed by atoms with Gasteiger partial charge in [0.1, 0.15) is 5.75 Å². The number of rotatable bonds is 3. The third-order valence-corrected chi connectivity index (χ3v) is 3.63. The van der Waals surface area contributed by atoms with E-state index in [0.29, 0.717) is 6.04 Å². The van der Waals surface area contributed by atoms with Gasteiger partial charge in [-0.05, 0) is 30.2 Å².